The van der Waals surface area contributed by atoms with Crippen molar-refractivity contribution in [3.63, 3.8) is 0 Å². The summed E-state index contributed by atoms with van der Waals surface area (Å²) in [6, 6.07) is 9.36. The minimum absolute atomic E-state index is 0.0301. The van der Waals surface area contributed by atoms with Crippen LogP contribution in [0.1, 0.15) is 5.56 Å². The van der Waals surface area contributed by atoms with E-state index in [1.807, 2.05) is 0 Å². The standard InChI is InChI=1S/C15H11F3N2O4/c16-15(17,18)10-3-1-4-11(7-10)19-14(21)9-24-13-6-2-5-12(8-13)20(22)23/h1-8H,9H2,(H,19,21). The largest absolute Gasteiger partial charge is 0.484 e. The van der Waals surface area contributed by atoms with Crippen molar-refractivity contribution in [3.8, 4) is 5.75 Å². The Morgan fingerprint density at radius 2 is 1.88 bits per heavy atom. The fourth-order valence-electron chi connectivity index (χ4n) is 1.81. The number of hydrogen-bond donors (Lipinski definition) is 1. The number of nitrogens with one attached hydrogen (secondary N) is 1. The molecule has 0 unspecified atom stereocenters. The van der Waals surface area contributed by atoms with Gasteiger partial charge in [0.1, 0.15) is 5.75 Å². The van der Waals surface area contributed by atoms with Gasteiger partial charge in [-0.2, -0.15) is 13.2 Å². The fourth-order valence-corrected chi connectivity index (χ4v) is 1.81. The van der Waals surface area contributed by atoms with E-state index >= 15 is 0 Å². The third-order valence-corrected chi connectivity index (χ3v) is 2.87. The Hall–Kier alpha value is -3.10. The summed E-state index contributed by atoms with van der Waals surface area (Å²) in [5, 5.41) is 12.9. The lowest BCUT2D eigenvalue weighted by Gasteiger charge is -2.10. The predicted octanol–water partition coefficient (Wildman–Crippen LogP) is 3.63. The summed E-state index contributed by atoms with van der Waals surface area (Å²) in [5.74, 6) is -0.593. The van der Waals surface area contributed by atoms with Gasteiger partial charge in [-0.3, -0.25) is 14.9 Å². The number of nitro groups is 1. The van der Waals surface area contributed by atoms with Crippen molar-refractivity contribution in [2.45, 2.75) is 6.18 Å². The first kappa shape index (κ1) is 17.3. The number of amides is 1. The van der Waals surface area contributed by atoms with E-state index in [9.17, 15) is 28.1 Å². The second-order valence-corrected chi connectivity index (χ2v) is 4.67. The Kier molecular flexibility index (Phi) is 5.02. The number of nitro benzene ring substituents is 1. The summed E-state index contributed by atoms with van der Waals surface area (Å²) in [4.78, 5) is 21.7. The Morgan fingerprint density at radius 1 is 1.17 bits per heavy atom. The molecule has 0 aliphatic rings. The predicted molar refractivity (Wildman–Crippen MR) is 78.7 cm³/mol. The third-order valence-electron chi connectivity index (χ3n) is 2.87. The summed E-state index contributed by atoms with van der Waals surface area (Å²) in [7, 11) is 0. The fraction of sp³-hybridized carbons (Fsp3) is 0.133. The third kappa shape index (κ3) is 4.70. The molecule has 2 aromatic rings. The molecule has 2 rings (SSSR count). The molecular formula is C15H11F3N2O4. The molecule has 0 fully saturated rings. The molecule has 0 aliphatic carbocycles. The number of carbonyl (C=O) groups excluding carboxylic acids is 1. The molecule has 0 saturated heterocycles. The Balaban J connectivity index is 1.97. The van der Waals surface area contributed by atoms with Gasteiger partial charge in [0.05, 0.1) is 16.6 Å². The van der Waals surface area contributed by atoms with E-state index < -0.39 is 29.2 Å². The molecule has 0 heterocycles. The summed E-state index contributed by atoms with van der Waals surface area (Å²) < 4.78 is 42.8. The van der Waals surface area contributed by atoms with E-state index in [4.69, 9.17) is 4.74 Å². The molecule has 126 valence electrons. The molecule has 0 atom stereocenters. The first-order valence-corrected chi connectivity index (χ1v) is 6.60. The number of halogens is 3. The molecule has 6 nitrogen and oxygen atoms in total. The molecule has 0 bridgehead atoms. The van der Waals surface area contributed by atoms with Gasteiger partial charge in [0, 0.05) is 11.8 Å². The minimum Gasteiger partial charge on any atom is -0.484 e. The van der Waals surface area contributed by atoms with E-state index in [1.165, 1.54) is 30.3 Å². The minimum atomic E-state index is -4.51. The smallest absolute Gasteiger partial charge is 0.416 e. The molecule has 24 heavy (non-hydrogen) atoms. The average molecular weight is 340 g/mol. The number of alkyl halides is 3. The highest BCUT2D eigenvalue weighted by molar-refractivity contribution is 5.91. The van der Waals surface area contributed by atoms with Gasteiger partial charge in [0.2, 0.25) is 0 Å². The second-order valence-electron chi connectivity index (χ2n) is 4.67. The van der Waals surface area contributed by atoms with Crippen LogP contribution >= 0.6 is 0 Å². The zero-order valence-electron chi connectivity index (χ0n) is 12.0. The number of ether oxygens (including phenoxy) is 1. The van der Waals surface area contributed by atoms with Crippen LogP contribution in [-0.2, 0) is 11.0 Å². The van der Waals surface area contributed by atoms with Gasteiger partial charge < -0.3 is 10.1 Å². The molecule has 0 aliphatic heterocycles. The number of benzene rings is 2. The maximum absolute atomic E-state index is 12.6. The molecule has 1 N–H and O–H groups in total. The van der Waals surface area contributed by atoms with Gasteiger partial charge in [-0.25, -0.2) is 0 Å². The number of non-ortho nitro benzene ring substituents is 1. The van der Waals surface area contributed by atoms with Crippen LogP contribution in [0.15, 0.2) is 48.5 Å². The molecule has 9 heteroatoms. The lowest BCUT2D eigenvalue weighted by molar-refractivity contribution is -0.384. The maximum Gasteiger partial charge on any atom is 0.416 e. The van der Waals surface area contributed by atoms with Crippen molar-refractivity contribution in [1.29, 1.82) is 0 Å². The van der Waals surface area contributed by atoms with Crippen LogP contribution in [0.5, 0.6) is 5.75 Å². The lowest BCUT2D eigenvalue weighted by atomic mass is 10.2. The van der Waals surface area contributed by atoms with Gasteiger partial charge in [-0.15, -0.1) is 0 Å². The van der Waals surface area contributed by atoms with E-state index in [1.54, 1.807) is 0 Å². The van der Waals surface area contributed by atoms with Gasteiger partial charge in [0.15, 0.2) is 6.61 Å². The summed E-state index contributed by atoms with van der Waals surface area (Å²) in [6.45, 7) is -0.503. The van der Waals surface area contributed by atoms with Gasteiger partial charge in [-0.05, 0) is 24.3 Å². The van der Waals surface area contributed by atoms with Crippen LogP contribution in [-0.4, -0.2) is 17.4 Å². The Morgan fingerprint density at radius 3 is 2.54 bits per heavy atom. The van der Waals surface area contributed by atoms with Crippen molar-refractivity contribution in [2.75, 3.05) is 11.9 Å². The Bertz CT molecular complexity index is 762. The zero-order valence-corrected chi connectivity index (χ0v) is 12.0. The normalized spacial score (nSPS) is 11.0. The first-order valence-electron chi connectivity index (χ1n) is 6.60. The number of anilines is 1. The summed E-state index contributed by atoms with van der Waals surface area (Å²) in [6.07, 6.45) is -4.51. The highest BCUT2D eigenvalue weighted by atomic mass is 19.4. The summed E-state index contributed by atoms with van der Waals surface area (Å²) in [5.41, 5.74) is -1.12. The SMILES string of the molecule is O=C(COc1cccc([N+](=O)[O-])c1)Nc1cccc(C(F)(F)F)c1. The van der Waals surface area contributed by atoms with E-state index in [0.29, 0.717) is 0 Å². The van der Waals surface area contributed by atoms with E-state index in [2.05, 4.69) is 5.32 Å². The van der Waals surface area contributed by atoms with Crippen molar-refractivity contribution < 1.29 is 27.6 Å². The molecule has 0 radical (unpaired) electrons. The number of rotatable bonds is 5. The number of nitrogens with zero attached hydrogens (tertiary/aromatic N) is 1. The highest BCUT2D eigenvalue weighted by Crippen LogP contribution is 2.30. The molecule has 0 saturated carbocycles. The summed E-state index contributed by atoms with van der Waals surface area (Å²) >= 11 is 0. The highest BCUT2D eigenvalue weighted by Gasteiger charge is 2.30. The first-order chi connectivity index (χ1) is 11.3. The van der Waals surface area contributed by atoms with Crippen molar-refractivity contribution in [3.05, 3.63) is 64.2 Å². The van der Waals surface area contributed by atoms with Crippen molar-refractivity contribution in [2.24, 2.45) is 0 Å². The lowest BCUT2D eigenvalue weighted by Crippen LogP contribution is -2.20. The topological polar surface area (TPSA) is 81.5 Å². The monoisotopic (exact) mass is 340 g/mol. The quantitative estimate of drug-likeness (QED) is 0.666. The molecule has 2 aromatic carbocycles. The Labute approximate surface area is 134 Å². The van der Waals surface area contributed by atoms with Crippen molar-refractivity contribution >= 4 is 17.3 Å². The van der Waals surface area contributed by atoms with Gasteiger partial charge in [0.25, 0.3) is 11.6 Å². The van der Waals surface area contributed by atoms with E-state index in [-0.39, 0.29) is 17.1 Å². The van der Waals surface area contributed by atoms with Gasteiger partial charge >= 0.3 is 6.18 Å². The van der Waals surface area contributed by atoms with Crippen LogP contribution in [0.2, 0.25) is 0 Å². The maximum atomic E-state index is 12.6. The number of carbonyl (C=O) groups is 1. The van der Waals surface area contributed by atoms with Crippen LogP contribution in [0, 0.1) is 10.1 Å². The van der Waals surface area contributed by atoms with Crippen LogP contribution in [0.3, 0.4) is 0 Å². The van der Waals surface area contributed by atoms with Crippen LogP contribution < -0.4 is 10.1 Å². The van der Waals surface area contributed by atoms with Crippen molar-refractivity contribution in [1.82, 2.24) is 0 Å². The van der Waals surface area contributed by atoms with Crippen LogP contribution in [0.25, 0.3) is 0 Å². The molecule has 0 aromatic heterocycles. The molecule has 1 amide bonds. The second kappa shape index (κ2) is 6.99. The van der Waals surface area contributed by atoms with Crippen LogP contribution in [0.4, 0.5) is 24.5 Å². The molecule has 0 spiro atoms. The number of hydrogen-bond acceptors (Lipinski definition) is 4. The molecular weight excluding hydrogens is 329 g/mol. The zero-order chi connectivity index (χ0) is 17.7. The van der Waals surface area contributed by atoms with Gasteiger partial charge in [-0.1, -0.05) is 12.1 Å². The average Bonchev–Trinajstić information content (AvgIpc) is 2.52. The van der Waals surface area contributed by atoms with E-state index in [0.717, 1.165) is 18.2 Å².